The third-order valence-corrected chi connectivity index (χ3v) is 2.68. The average molecular weight is 208 g/mol. The van der Waals surface area contributed by atoms with E-state index in [-0.39, 0.29) is 0 Å². The summed E-state index contributed by atoms with van der Waals surface area (Å²) in [7, 11) is 0.862. The summed E-state index contributed by atoms with van der Waals surface area (Å²) in [6.45, 7) is 3.74. The molecule has 76 valence electrons. The Morgan fingerprint density at radius 1 is 1.29 bits per heavy atom. The van der Waals surface area contributed by atoms with Crippen molar-refractivity contribution in [2.24, 2.45) is 0 Å². The van der Waals surface area contributed by atoms with Crippen molar-refractivity contribution in [3.63, 3.8) is 0 Å². The molecule has 0 bridgehead atoms. The highest BCUT2D eigenvalue weighted by atomic mass is 31.1. The van der Waals surface area contributed by atoms with Gasteiger partial charge in [0.2, 0.25) is 0 Å². The summed E-state index contributed by atoms with van der Waals surface area (Å²) in [5, 5.41) is 0. The summed E-state index contributed by atoms with van der Waals surface area (Å²) in [5.74, 6) is 2.23. The Hall–Kier alpha value is -0.650. The third kappa shape index (κ3) is 5.16. The van der Waals surface area contributed by atoms with E-state index >= 15 is 0 Å². The molecular formula is C12H17OP. The smallest absolute Gasteiger partial charge is 0.0505 e. The molecule has 0 radical (unpaired) electrons. The molecule has 1 rings (SSSR count). The fourth-order valence-corrected chi connectivity index (χ4v) is 1.82. The minimum absolute atomic E-state index is 0.826. The molecule has 1 aromatic carbocycles. The molecule has 0 spiro atoms. The van der Waals surface area contributed by atoms with E-state index in [1.165, 1.54) is 5.56 Å². The first-order chi connectivity index (χ1) is 6.93. The topological polar surface area (TPSA) is 9.23 Å². The van der Waals surface area contributed by atoms with Crippen molar-refractivity contribution in [3.8, 4) is 0 Å². The second-order valence-corrected chi connectivity index (χ2v) is 4.14. The van der Waals surface area contributed by atoms with Crippen molar-refractivity contribution in [3.05, 3.63) is 41.7 Å². The van der Waals surface area contributed by atoms with Crippen LogP contribution in [0.25, 0.3) is 6.08 Å². The molecule has 1 unspecified atom stereocenters. The third-order valence-electron chi connectivity index (χ3n) is 1.79. The van der Waals surface area contributed by atoms with E-state index in [1.54, 1.807) is 0 Å². The van der Waals surface area contributed by atoms with E-state index in [2.05, 4.69) is 36.2 Å². The first kappa shape index (κ1) is 11.4. The van der Waals surface area contributed by atoms with Crippen LogP contribution in [0, 0.1) is 0 Å². The molecule has 0 aliphatic carbocycles. The molecule has 0 aromatic heterocycles. The van der Waals surface area contributed by atoms with Gasteiger partial charge in [0, 0.05) is 6.61 Å². The van der Waals surface area contributed by atoms with Gasteiger partial charge >= 0.3 is 0 Å². The second-order valence-electron chi connectivity index (χ2n) is 2.90. The first-order valence-corrected chi connectivity index (χ1v) is 6.24. The molecule has 0 saturated carbocycles. The summed E-state index contributed by atoms with van der Waals surface area (Å²) >= 11 is 0. The van der Waals surface area contributed by atoms with Gasteiger partial charge in [-0.1, -0.05) is 50.8 Å². The predicted octanol–water partition coefficient (Wildman–Crippen LogP) is 3.37. The van der Waals surface area contributed by atoms with Gasteiger partial charge in [-0.2, -0.15) is 0 Å². The van der Waals surface area contributed by atoms with Crippen LogP contribution in [0.5, 0.6) is 0 Å². The highest BCUT2D eigenvalue weighted by Crippen LogP contribution is 2.13. The van der Waals surface area contributed by atoms with Crippen molar-refractivity contribution in [1.82, 2.24) is 0 Å². The van der Waals surface area contributed by atoms with Crippen LogP contribution in [0.1, 0.15) is 12.5 Å². The molecule has 0 fully saturated rings. The molecule has 0 saturated heterocycles. The zero-order valence-corrected chi connectivity index (χ0v) is 9.57. The fraction of sp³-hybridized carbons (Fsp3) is 0.333. The number of hydrogen-bond donors (Lipinski definition) is 0. The largest absolute Gasteiger partial charge is 0.381 e. The lowest BCUT2D eigenvalue weighted by Crippen LogP contribution is -1.93. The Balaban J connectivity index is 2.15. The van der Waals surface area contributed by atoms with E-state index in [0.717, 1.165) is 28.0 Å². The van der Waals surface area contributed by atoms with Gasteiger partial charge in [-0.15, -0.1) is 0 Å². The summed E-state index contributed by atoms with van der Waals surface area (Å²) in [4.78, 5) is 0. The monoisotopic (exact) mass is 208 g/mol. The number of ether oxygens (including phenoxy) is 1. The van der Waals surface area contributed by atoms with Crippen LogP contribution in [0.3, 0.4) is 0 Å². The normalized spacial score (nSPS) is 11.8. The van der Waals surface area contributed by atoms with E-state index < -0.39 is 0 Å². The average Bonchev–Trinajstić information content (AvgIpc) is 2.25. The Kier molecular flexibility index (Phi) is 6.30. The Labute approximate surface area is 88.0 Å². The molecular weight excluding hydrogens is 191 g/mol. The highest BCUT2D eigenvalue weighted by Gasteiger charge is 1.84. The zero-order valence-electron chi connectivity index (χ0n) is 8.57. The van der Waals surface area contributed by atoms with Crippen molar-refractivity contribution in [1.29, 1.82) is 0 Å². The molecule has 0 aliphatic rings. The predicted molar refractivity (Wildman–Crippen MR) is 65.2 cm³/mol. The lowest BCUT2D eigenvalue weighted by atomic mass is 10.2. The molecule has 0 N–H and O–H groups in total. The van der Waals surface area contributed by atoms with Gasteiger partial charge in [0.25, 0.3) is 0 Å². The van der Waals surface area contributed by atoms with Crippen LogP contribution in [0.15, 0.2) is 36.1 Å². The van der Waals surface area contributed by atoms with Crippen molar-refractivity contribution >= 4 is 14.7 Å². The second kappa shape index (κ2) is 7.73. The quantitative estimate of drug-likeness (QED) is 0.514. The maximum atomic E-state index is 5.26. The molecule has 1 atom stereocenters. The van der Waals surface area contributed by atoms with Gasteiger partial charge in [0.05, 0.1) is 6.61 Å². The van der Waals surface area contributed by atoms with E-state index in [4.69, 9.17) is 4.74 Å². The summed E-state index contributed by atoms with van der Waals surface area (Å²) in [6.07, 6.45) is 3.31. The van der Waals surface area contributed by atoms with Crippen LogP contribution in [0.2, 0.25) is 0 Å². The summed E-state index contributed by atoms with van der Waals surface area (Å²) < 4.78 is 5.26. The number of hydrogen-bond acceptors (Lipinski definition) is 1. The van der Waals surface area contributed by atoms with Crippen LogP contribution in [-0.4, -0.2) is 19.4 Å². The Morgan fingerprint density at radius 3 is 2.79 bits per heavy atom. The summed E-state index contributed by atoms with van der Waals surface area (Å²) in [5.41, 5.74) is 1.27. The highest BCUT2D eigenvalue weighted by molar-refractivity contribution is 7.41. The van der Waals surface area contributed by atoms with Gasteiger partial charge in [-0.25, -0.2) is 0 Å². The fourth-order valence-electron chi connectivity index (χ4n) is 1.08. The Bertz CT molecular complexity index is 256. The Morgan fingerprint density at radius 2 is 2.07 bits per heavy atom. The van der Waals surface area contributed by atoms with Crippen molar-refractivity contribution in [2.45, 2.75) is 6.92 Å². The SMILES string of the molecule is CCOCCPC=Cc1ccccc1. The molecule has 1 aromatic rings. The van der Waals surface area contributed by atoms with Gasteiger partial charge in [0.1, 0.15) is 0 Å². The molecule has 0 aliphatic heterocycles. The molecule has 14 heavy (non-hydrogen) atoms. The number of rotatable bonds is 6. The van der Waals surface area contributed by atoms with Crippen molar-refractivity contribution in [2.75, 3.05) is 19.4 Å². The molecule has 2 heteroatoms. The van der Waals surface area contributed by atoms with Crippen molar-refractivity contribution < 1.29 is 4.74 Å². The molecule has 1 nitrogen and oxygen atoms in total. The zero-order chi connectivity index (χ0) is 10.1. The minimum atomic E-state index is 0.826. The standard InChI is InChI=1S/C12H17OP/c1-2-13-9-11-14-10-8-12-6-4-3-5-7-12/h3-8,10,14H,2,9,11H2,1H3. The van der Waals surface area contributed by atoms with E-state index in [1.807, 2.05) is 13.0 Å². The van der Waals surface area contributed by atoms with E-state index in [0.29, 0.717) is 0 Å². The van der Waals surface area contributed by atoms with Crippen LogP contribution in [0.4, 0.5) is 0 Å². The first-order valence-electron chi connectivity index (χ1n) is 4.96. The maximum absolute atomic E-state index is 5.26. The minimum Gasteiger partial charge on any atom is -0.381 e. The van der Waals surface area contributed by atoms with Crippen LogP contribution < -0.4 is 0 Å². The van der Waals surface area contributed by atoms with Crippen LogP contribution in [-0.2, 0) is 4.74 Å². The van der Waals surface area contributed by atoms with Gasteiger partial charge in [0.15, 0.2) is 0 Å². The number of benzene rings is 1. The lowest BCUT2D eigenvalue weighted by Gasteiger charge is -1.97. The molecule has 0 amide bonds. The van der Waals surface area contributed by atoms with E-state index in [9.17, 15) is 0 Å². The van der Waals surface area contributed by atoms with Gasteiger partial charge in [-0.3, -0.25) is 0 Å². The van der Waals surface area contributed by atoms with Gasteiger partial charge in [-0.05, 0) is 18.6 Å². The summed E-state index contributed by atoms with van der Waals surface area (Å²) in [6, 6.07) is 10.4. The van der Waals surface area contributed by atoms with Crippen LogP contribution >= 0.6 is 8.58 Å². The lowest BCUT2D eigenvalue weighted by molar-refractivity contribution is 0.164. The van der Waals surface area contributed by atoms with Gasteiger partial charge < -0.3 is 4.74 Å². The molecule has 0 heterocycles. The maximum Gasteiger partial charge on any atom is 0.0505 e.